The second kappa shape index (κ2) is 7.39. The van der Waals surface area contributed by atoms with Crippen molar-refractivity contribution < 1.29 is 4.74 Å². The summed E-state index contributed by atoms with van der Waals surface area (Å²) in [6.07, 6.45) is 0. The highest BCUT2D eigenvalue weighted by Crippen LogP contribution is 2.34. The predicted octanol–water partition coefficient (Wildman–Crippen LogP) is 3.46. The molecule has 3 heteroatoms. The Labute approximate surface area is 118 Å². The maximum atomic E-state index is 5.54. The first-order valence-electron chi connectivity index (χ1n) is 7.14. The van der Waals surface area contributed by atoms with Crippen molar-refractivity contribution in [3.05, 3.63) is 23.8 Å². The van der Waals surface area contributed by atoms with Crippen molar-refractivity contribution in [2.24, 2.45) is 5.92 Å². The van der Waals surface area contributed by atoms with Crippen LogP contribution in [-0.2, 0) is 0 Å². The normalized spacial score (nSPS) is 12.6. The van der Waals surface area contributed by atoms with Gasteiger partial charge in [0, 0.05) is 30.4 Å². The molecule has 0 aliphatic heterocycles. The molecule has 0 saturated carbocycles. The third kappa shape index (κ3) is 3.87. The quantitative estimate of drug-likeness (QED) is 0.816. The Morgan fingerprint density at radius 3 is 2.42 bits per heavy atom. The van der Waals surface area contributed by atoms with E-state index in [-0.39, 0.29) is 6.04 Å². The molecule has 108 valence electrons. The maximum absolute atomic E-state index is 5.54. The topological polar surface area (TPSA) is 24.5 Å². The largest absolute Gasteiger partial charge is 0.496 e. The van der Waals surface area contributed by atoms with E-state index in [1.165, 1.54) is 11.3 Å². The van der Waals surface area contributed by atoms with Gasteiger partial charge in [-0.3, -0.25) is 0 Å². The zero-order valence-corrected chi connectivity index (χ0v) is 13.2. The number of hydrogen-bond donors (Lipinski definition) is 1. The Balaban J connectivity index is 3.23. The Bertz CT molecular complexity index is 390. The van der Waals surface area contributed by atoms with Gasteiger partial charge in [-0.1, -0.05) is 19.9 Å². The minimum absolute atomic E-state index is 0.271. The molecule has 0 aliphatic carbocycles. The van der Waals surface area contributed by atoms with Crippen molar-refractivity contribution in [1.29, 1.82) is 0 Å². The van der Waals surface area contributed by atoms with Crippen molar-refractivity contribution in [3.63, 3.8) is 0 Å². The van der Waals surface area contributed by atoms with Crippen LogP contribution in [0.5, 0.6) is 5.75 Å². The van der Waals surface area contributed by atoms with E-state index in [4.69, 9.17) is 4.74 Å². The van der Waals surface area contributed by atoms with Crippen molar-refractivity contribution in [1.82, 2.24) is 5.32 Å². The van der Waals surface area contributed by atoms with Crippen LogP contribution in [0.3, 0.4) is 0 Å². The fourth-order valence-corrected chi connectivity index (χ4v) is 2.40. The molecule has 1 unspecified atom stereocenters. The molecule has 0 amide bonds. The lowest BCUT2D eigenvalue weighted by atomic mass is 10.0. The lowest BCUT2D eigenvalue weighted by molar-refractivity contribution is 0.403. The van der Waals surface area contributed by atoms with Gasteiger partial charge in [0.05, 0.1) is 7.11 Å². The van der Waals surface area contributed by atoms with Crippen molar-refractivity contribution in [2.75, 3.05) is 32.1 Å². The first kappa shape index (κ1) is 15.8. The minimum Gasteiger partial charge on any atom is -0.496 e. The van der Waals surface area contributed by atoms with Crippen molar-refractivity contribution >= 4 is 5.69 Å². The van der Waals surface area contributed by atoms with Gasteiger partial charge in [-0.15, -0.1) is 0 Å². The first-order chi connectivity index (χ1) is 9.04. The summed E-state index contributed by atoms with van der Waals surface area (Å²) in [4.78, 5) is 2.43. The van der Waals surface area contributed by atoms with Crippen LogP contribution in [0.25, 0.3) is 0 Å². The molecular weight excluding hydrogens is 236 g/mol. The number of methoxy groups -OCH3 is 1. The summed E-state index contributed by atoms with van der Waals surface area (Å²) >= 11 is 0. The summed E-state index contributed by atoms with van der Waals surface area (Å²) in [5, 5.41) is 3.32. The van der Waals surface area contributed by atoms with Crippen LogP contribution in [0.1, 0.15) is 39.3 Å². The number of anilines is 1. The lowest BCUT2D eigenvalue weighted by Crippen LogP contribution is -2.29. The van der Waals surface area contributed by atoms with E-state index >= 15 is 0 Å². The Morgan fingerprint density at radius 1 is 1.26 bits per heavy atom. The Morgan fingerprint density at radius 2 is 1.95 bits per heavy atom. The molecule has 0 heterocycles. The van der Waals surface area contributed by atoms with Gasteiger partial charge in [-0.2, -0.15) is 0 Å². The molecule has 1 aromatic rings. The van der Waals surface area contributed by atoms with E-state index in [2.05, 4.69) is 50.0 Å². The summed E-state index contributed by atoms with van der Waals surface area (Å²) < 4.78 is 5.54. The zero-order chi connectivity index (χ0) is 14.4. The van der Waals surface area contributed by atoms with Gasteiger partial charge in [-0.25, -0.2) is 0 Å². The molecule has 1 N–H and O–H groups in total. The molecule has 0 radical (unpaired) electrons. The van der Waals surface area contributed by atoms with E-state index in [0.717, 1.165) is 18.8 Å². The Hall–Kier alpha value is -1.22. The summed E-state index contributed by atoms with van der Waals surface area (Å²) in [5.74, 6) is 1.60. The zero-order valence-electron chi connectivity index (χ0n) is 13.2. The van der Waals surface area contributed by atoms with Gasteiger partial charge >= 0.3 is 0 Å². The van der Waals surface area contributed by atoms with Gasteiger partial charge in [0.2, 0.25) is 0 Å². The number of benzene rings is 1. The summed E-state index contributed by atoms with van der Waals surface area (Å²) in [5.41, 5.74) is 2.52. The van der Waals surface area contributed by atoms with Gasteiger partial charge in [0.1, 0.15) is 5.75 Å². The number of nitrogens with one attached hydrogen (secondary N) is 1. The summed E-state index contributed by atoms with van der Waals surface area (Å²) in [6, 6.07) is 6.57. The maximum Gasteiger partial charge on any atom is 0.125 e. The fourth-order valence-electron chi connectivity index (χ4n) is 2.40. The molecule has 1 rings (SSSR count). The molecular formula is C16H28N2O. The minimum atomic E-state index is 0.271. The number of hydrogen-bond acceptors (Lipinski definition) is 3. The number of rotatable bonds is 7. The van der Waals surface area contributed by atoms with E-state index in [0.29, 0.717) is 5.92 Å². The molecule has 1 atom stereocenters. The average Bonchev–Trinajstić information content (AvgIpc) is 2.42. The molecule has 0 spiro atoms. The first-order valence-corrected chi connectivity index (χ1v) is 7.14. The van der Waals surface area contributed by atoms with Crippen LogP contribution in [0.15, 0.2) is 18.2 Å². The van der Waals surface area contributed by atoms with Crippen LogP contribution in [-0.4, -0.2) is 27.2 Å². The molecule has 19 heavy (non-hydrogen) atoms. The molecule has 0 fully saturated rings. The predicted molar refractivity (Wildman–Crippen MR) is 83.2 cm³/mol. The van der Waals surface area contributed by atoms with Gasteiger partial charge < -0.3 is 15.0 Å². The van der Waals surface area contributed by atoms with Gasteiger partial charge in [-0.05, 0) is 38.9 Å². The second-order valence-electron chi connectivity index (χ2n) is 5.34. The van der Waals surface area contributed by atoms with E-state index in [9.17, 15) is 0 Å². The number of ether oxygens (including phenoxy) is 1. The highest BCUT2D eigenvalue weighted by Gasteiger charge is 2.18. The molecule has 0 aliphatic rings. The lowest BCUT2D eigenvalue weighted by Gasteiger charge is -2.30. The highest BCUT2D eigenvalue weighted by molar-refractivity contribution is 5.60. The van der Waals surface area contributed by atoms with Crippen LogP contribution in [0.4, 0.5) is 5.69 Å². The monoisotopic (exact) mass is 264 g/mol. The molecule has 0 saturated heterocycles. The van der Waals surface area contributed by atoms with Gasteiger partial charge in [0.25, 0.3) is 0 Å². The molecule has 0 aromatic heterocycles. The standard InChI is InChI=1S/C16H28N2O/c1-7-18(11-12(2)3)14-9-8-10-15(19-6)16(14)13(4)17-5/h8-10,12-13,17H,7,11H2,1-6H3. The summed E-state index contributed by atoms with van der Waals surface area (Å²) in [7, 11) is 3.73. The second-order valence-corrected chi connectivity index (χ2v) is 5.34. The van der Waals surface area contributed by atoms with E-state index in [1.807, 2.05) is 13.1 Å². The van der Waals surface area contributed by atoms with E-state index in [1.54, 1.807) is 7.11 Å². The Kier molecular flexibility index (Phi) is 6.16. The van der Waals surface area contributed by atoms with Crippen LogP contribution in [0, 0.1) is 5.92 Å². The molecule has 3 nitrogen and oxygen atoms in total. The molecule has 1 aromatic carbocycles. The smallest absolute Gasteiger partial charge is 0.125 e. The molecule has 0 bridgehead atoms. The van der Waals surface area contributed by atoms with Crippen LogP contribution >= 0.6 is 0 Å². The fraction of sp³-hybridized carbons (Fsp3) is 0.625. The van der Waals surface area contributed by atoms with Gasteiger partial charge in [0.15, 0.2) is 0 Å². The summed E-state index contributed by atoms with van der Waals surface area (Å²) in [6.45, 7) is 11.0. The SMILES string of the molecule is CCN(CC(C)C)c1cccc(OC)c1C(C)NC. The highest BCUT2D eigenvalue weighted by atomic mass is 16.5. The number of nitrogens with zero attached hydrogens (tertiary/aromatic N) is 1. The van der Waals surface area contributed by atoms with Crippen molar-refractivity contribution in [2.45, 2.75) is 33.7 Å². The van der Waals surface area contributed by atoms with E-state index < -0.39 is 0 Å². The average molecular weight is 264 g/mol. The van der Waals surface area contributed by atoms with Crippen LogP contribution in [0.2, 0.25) is 0 Å². The third-order valence-corrected chi connectivity index (χ3v) is 3.44. The van der Waals surface area contributed by atoms with Crippen molar-refractivity contribution in [3.8, 4) is 5.75 Å². The third-order valence-electron chi connectivity index (χ3n) is 3.44. The van der Waals surface area contributed by atoms with Crippen LogP contribution < -0.4 is 15.0 Å².